The maximum atomic E-state index is 11.9. The predicted molar refractivity (Wildman–Crippen MR) is 68.2 cm³/mol. The molecule has 0 aliphatic rings. The summed E-state index contributed by atoms with van der Waals surface area (Å²) in [5.41, 5.74) is 1.48. The van der Waals surface area contributed by atoms with E-state index in [4.69, 9.17) is 11.6 Å². The highest BCUT2D eigenvalue weighted by Gasteiger charge is 2.23. The minimum atomic E-state index is -0.0991. The molecule has 1 amide bonds. The van der Waals surface area contributed by atoms with Crippen molar-refractivity contribution in [1.29, 1.82) is 0 Å². The number of halogens is 1. The SMILES string of the molecule is CCNC(=O)c1c(Cl)cccc1C(C)(C)C. The summed E-state index contributed by atoms with van der Waals surface area (Å²) in [6.45, 7) is 8.71. The summed E-state index contributed by atoms with van der Waals surface area (Å²) in [5, 5.41) is 3.30. The Kier molecular flexibility index (Phi) is 3.98. The Morgan fingerprint density at radius 3 is 2.50 bits per heavy atom. The highest BCUT2D eigenvalue weighted by molar-refractivity contribution is 6.34. The van der Waals surface area contributed by atoms with Gasteiger partial charge in [-0.15, -0.1) is 0 Å². The van der Waals surface area contributed by atoms with E-state index in [1.165, 1.54) is 0 Å². The molecule has 0 radical (unpaired) electrons. The summed E-state index contributed by atoms with van der Waals surface area (Å²) >= 11 is 6.11. The molecule has 0 aromatic heterocycles. The zero-order valence-corrected chi connectivity index (χ0v) is 11.0. The second-order valence-corrected chi connectivity index (χ2v) is 5.18. The van der Waals surface area contributed by atoms with Crippen molar-refractivity contribution in [3.05, 3.63) is 34.3 Å². The highest BCUT2D eigenvalue weighted by atomic mass is 35.5. The van der Waals surface area contributed by atoms with Crippen molar-refractivity contribution in [3.63, 3.8) is 0 Å². The van der Waals surface area contributed by atoms with Gasteiger partial charge in [0, 0.05) is 6.54 Å². The number of hydrogen-bond donors (Lipinski definition) is 1. The Morgan fingerprint density at radius 1 is 1.38 bits per heavy atom. The molecule has 2 nitrogen and oxygen atoms in total. The third-order valence-corrected chi connectivity index (χ3v) is 2.70. The highest BCUT2D eigenvalue weighted by Crippen LogP contribution is 2.30. The van der Waals surface area contributed by atoms with Crippen LogP contribution in [0, 0.1) is 0 Å². The fourth-order valence-corrected chi connectivity index (χ4v) is 1.89. The van der Waals surface area contributed by atoms with Crippen LogP contribution >= 0.6 is 11.6 Å². The lowest BCUT2D eigenvalue weighted by atomic mass is 9.83. The van der Waals surface area contributed by atoms with Crippen LogP contribution in [0.2, 0.25) is 5.02 Å². The first kappa shape index (κ1) is 13.0. The molecule has 0 aliphatic carbocycles. The molecular weight excluding hydrogens is 222 g/mol. The fraction of sp³-hybridized carbons (Fsp3) is 0.462. The topological polar surface area (TPSA) is 29.1 Å². The standard InChI is InChI=1S/C13H18ClNO/c1-5-15-12(16)11-9(13(2,3)4)7-6-8-10(11)14/h6-8H,5H2,1-4H3,(H,15,16). The molecule has 3 heteroatoms. The van der Waals surface area contributed by atoms with Gasteiger partial charge in [-0.2, -0.15) is 0 Å². The van der Waals surface area contributed by atoms with Gasteiger partial charge in [0.05, 0.1) is 10.6 Å². The lowest BCUT2D eigenvalue weighted by molar-refractivity contribution is 0.0954. The number of carbonyl (C=O) groups excluding carboxylic acids is 1. The molecule has 1 aromatic carbocycles. The summed E-state index contributed by atoms with van der Waals surface area (Å²) in [6, 6.07) is 5.59. The Balaban J connectivity index is 3.30. The molecule has 16 heavy (non-hydrogen) atoms. The number of benzene rings is 1. The van der Waals surface area contributed by atoms with Crippen molar-refractivity contribution in [3.8, 4) is 0 Å². The van der Waals surface area contributed by atoms with Crippen molar-refractivity contribution in [2.24, 2.45) is 0 Å². The fourth-order valence-electron chi connectivity index (χ4n) is 1.63. The first-order valence-electron chi connectivity index (χ1n) is 5.45. The van der Waals surface area contributed by atoms with Crippen LogP contribution in [0.5, 0.6) is 0 Å². The molecule has 88 valence electrons. The summed E-state index contributed by atoms with van der Waals surface area (Å²) in [6.07, 6.45) is 0. The quantitative estimate of drug-likeness (QED) is 0.842. The average molecular weight is 240 g/mol. The maximum absolute atomic E-state index is 11.9. The van der Waals surface area contributed by atoms with Crippen molar-refractivity contribution in [1.82, 2.24) is 5.32 Å². The molecule has 1 aromatic rings. The van der Waals surface area contributed by atoms with Crippen LogP contribution in [-0.4, -0.2) is 12.5 Å². The van der Waals surface area contributed by atoms with Crippen molar-refractivity contribution in [2.45, 2.75) is 33.1 Å². The number of amides is 1. The van der Waals surface area contributed by atoms with E-state index >= 15 is 0 Å². The van der Waals surface area contributed by atoms with Gasteiger partial charge >= 0.3 is 0 Å². The molecule has 0 saturated carbocycles. The summed E-state index contributed by atoms with van der Waals surface area (Å²) in [5.74, 6) is -0.0991. The largest absolute Gasteiger partial charge is 0.352 e. The molecule has 0 fully saturated rings. The molecule has 0 unspecified atom stereocenters. The molecule has 0 atom stereocenters. The van der Waals surface area contributed by atoms with Gasteiger partial charge in [0.25, 0.3) is 5.91 Å². The first-order chi connectivity index (χ1) is 7.38. The Labute approximate surface area is 102 Å². The molecule has 1 N–H and O–H groups in total. The van der Waals surface area contributed by atoms with Gasteiger partial charge in [-0.05, 0) is 24.0 Å². The van der Waals surface area contributed by atoms with Gasteiger partial charge in [-0.3, -0.25) is 4.79 Å². The average Bonchev–Trinajstić information content (AvgIpc) is 2.16. The van der Waals surface area contributed by atoms with Crippen LogP contribution < -0.4 is 5.32 Å². The monoisotopic (exact) mass is 239 g/mol. The van der Waals surface area contributed by atoms with Crippen molar-refractivity contribution in [2.75, 3.05) is 6.54 Å². The van der Waals surface area contributed by atoms with Crippen molar-refractivity contribution >= 4 is 17.5 Å². The molecule has 0 aliphatic heterocycles. The normalized spacial score (nSPS) is 11.3. The summed E-state index contributed by atoms with van der Waals surface area (Å²) in [7, 11) is 0. The maximum Gasteiger partial charge on any atom is 0.253 e. The molecule has 0 heterocycles. The predicted octanol–water partition coefficient (Wildman–Crippen LogP) is 3.39. The number of nitrogens with one attached hydrogen (secondary N) is 1. The van der Waals surface area contributed by atoms with Gasteiger partial charge in [0.2, 0.25) is 0 Å². The molecule has 0 saturated heterocycles. The summed E-state index contributed by atoms with van der Waals surface area (Å²) < 4.78 is 0. The van der Waals surface area contributed by atoms with E-state index in [9.17, 15) is 4.79 Å². The van der Waals surface area contributed by atoms with Crippen LogP contribution in [-0.2, 0) is 5.41 Å². The molecule has 0 spiro atoms. The van der Waals surface area contributed by atoms with Gasteiger partial charge in [-0.25, -0.2) is 0 Å². The first-order valence-corrected chi connectivity index (χ1v) is 5.83. The van der Waals surface area contributed by atoms with Crippen LogP contribution in [0.3, 0.4) is 0 Å². The molecular formula is C13H18ClNO. The number of hydrogen-bond acceptors (Lipinski definition) is 1. The van der Waals surface area contributed by atoms with E-state index in [1.54, 1.807) is 6.07 Å². The Bertz CT molecular complexity index is 393. The van der Waals surface area contributed by atoms with E-state index in [-0.39, 0.29) is 11.3 Å². The second-order valence-electron chi connectivity index (χ2n) is 4.77. The second kappa shape index (κ2) is 4.88. The third kappa shape index (κ3) is 2.76. The smallest absolute Gasteiger partial charge is 0.253 e. The van der Waals surface area contributed by atoms with E-state index < -0.39 is 0 Å². The zero-order valence-electron chi connectivity index (χ0n) is 10.2. The van der Waals surface area contributed by atoms with E-state index in [2.05, 4.69) is 26.1 Å². The van der Waals surface area contributed by atoms with Crippen LogP contribution in [0.25, 0.3) is 0 Å². The zero-order chi connectivity index (χ0) is 12.3. The van der Waals surface area contributed by atoms with Gasteiger partial charge in [0.15, 0.2) is 0 Å². The van der Waals surface area contributed by atoms with Crippen molar-refractivity contribution < 1.29 is 4.79 Å². The Hall–Kier alpha value is -1.02. The Morgan fingerprint density at radius 2 is 2.00 bits per heavy atom. The van der Waals surface area contributed by atoms with E-state index in [0.29, 0.717) is 17.1 Å². The molecule has 0 bridgehead atoms. The van der Waals surface area contributed by atoms with Gasteiger partial charge in [-0.1, -0.05) is 44.5 Å². The van der Waals surface area contributed by atoms with Crippen LogP contribution in [0.15, 0.2) is 18.2 Å². The minimum Gasteiger partial charge on any atom is -0.352 e. The van der Waals surface area contributed by atoms with Gasteiger partial charge < -0.3 is 5.32 Å². The van der Waals surface area contributed by atoms with E-state index in [1.807, 2.05) is 19.1 Å². The minimum absolute atomic E-state index is 0.0919. The lowest BCUT2D eigenvalue weighted by Crippen LogP contribution is -2.27. The third-order valence-electron chi connectivity index (χ3n) is 2.39. The molecule has 1 rings (SSSR count). The van der Waals surface area contributed by atoms with Gasteiger partial charge in [0.1, 0.15) is 0 Å². The van der Waals surface area contributed by atoms with Crippen LogP contribution in [0.4, 0.5) is 0 Å². The number of rotatable bonds is 2. The number of carbonyl (C=O) groups is 1. The lowest BCUT2D eigenvalue weighted by Gasteiger charge is -2.23. The summed E-state index contributed by atoms with van der Waals surface area (Å²) in [4.78, 5) is 11.9. The van der Waals surface area contributed by atoms with E-state index in [0.717, 1.165) is 5.56 Å². The van der Waals surface area contributed by atoms with Crippen LogP contribution in [0.1, 0.15) is 43.6 Å².